The summed E-state index contributed by atoms with van der Waals surface area (Å²) in [6, 6.07) is 25.3. The van der Waals surface area contributed by atoms with Crippen LogP contribution >= 0.6 is 11.3 Å². The van der Waals surface area contributed by atoms with Crippen LogP contribution in [-0.4, -0.2) is 38.5 Å². The average molecular weight is 681 g/mol. The number of fused-ring (bicyclic) bond motifs is 1. The van der Waals surface area contributed by atoms with Crippen molar-refractivity contribution in [1.29, 1.82) is 0 Å². The SMILES string of the molecule is CCOC(=O)C1=C(c2ccccc2)N=c2s/c(=C\c3ccc(OCc4ccccc4F)c(OC)c3)c(=O)n2[C@H]1c1ccc(OC)c(OC)c1. The quantitative estimate of drug-likeness (QED) is 0.166. The van der Waals surface area contributed by atoms with Crippen LogP contribution in [0.1, 0.15) is 35.2 Å². The van der Waals surface area contributed by atoms with Crippen molar-refractivity contribution >= 4 is 29.1 Å². The Morgan fingerprint density at radius 1 is 0.878 bits per heavy atom. The molecule has 4 aromatic carbocycles. The van der Waals surface area contributed by atoms with Gasteiger partial charge in [0, 0.05) is 11.1 Å². The Balaban J connectivity index is 1.50. The molecular weight excluding hydrogens is 647 g/mol. The van der Waals surface area contributed by atoms with Crippen LogP contribution in [-0.2, 0) is 16.1 Å². The van der Waals surface area contributed by atoms with Crippen LogP contribution < -0.4 is 33.8 Å². The topological polar surface area (TPSA) is 97.6 Å². The lowest BCUT2D eigenvalue weighted by atomic mass is 9.93. The van der Waals surface area contributed by atoms with E-state index in [9.17, 15) is 14.0 Å². The number of esters is 1. The molecule has 0 bridgehead atoms. The van der Waals surface area contributed by atoms with E-state index in [0.29, 0.717) is 60.3 Å². The van der Waals surface area contributed by atoms with Crippen LogP contribution in [0, 0.1) is 5.82 Å². The zero-order valence-electron chi connectivity index (χ0n) is 27.3. The summed E-state index contributed by atoms with van der Waals surface area (Å²) in [4.78, 5) is 33.4. The summed E-state index contributed by atoms with van der Waals surface area (Å²) < 4.78 is 44.1. The van der Waals surface area contributed by atoms with Crippen molar-refractivity contribution in [3.05, 3.63) is 144 Å². The Bertz CT molecular complexity index is 2230. The van der Waals surface area contributed by atoms with Crippen LogP contribution in [0.3, 0.4) is 0 Å². The zero-order chi connectivity index (χ0) is 34.5. The van der Waals surface area contributed by atoms with Gasteiger partial charge in [-0.1, -0.05) is 72.0 Å². The Morgan fingerprint density at radius 3 is 2.29 bits per heavy atom. The molecule has 0 saturated carbocycles. The number of methoxy groups -OCH3 is 3. The van der Waals surface area contributed by atoms with Crippen LogP contribution in [0.25, 0.3) is 11.8 Å². The van der Waals surface area contributed by atoms with E-state index in [1.165, 1.54) is 43.3 Å². The molecule has 5 aromatic rings. The fourth-order valence-electron chi connectivity index (χ4n) is 5.59. The van der Waals surface area contributed by atoms with E-state index < -0.39 is 12.0 Å². The Hall–Kier alpha value is -5.68. The molecule has 1 aliphatic rings. The molecule has 0 fully saturated rings. The summed E-state index contributed by atoms with van der Waals surface area (Å²) in [5, 5.41) is 0. The second-order valence-electron chi connectivity index (χ2n) is 10.8. The van der Waals surface area contributed by atoms with Gasteiger partial charge in [0.25, 0.3) is 5.56 Å². The first-order valence-corrected chi connectivity index (χ1v) is 16.2. The van der Waals surface area contributed by atoms with Gasteiger partial charge in [-0.3, -0.25) is 9.36 Å². The molecule has 0 N–H and O–H groups in total. The van der Waals surface area contributed by atoms with E-state index >= 15 is 0 Å². The number of thiazole rings is 1. The van der Waals surface area contributed by atoms with E-state index in [-0.39, 0.29) is 30.2 Å². The molecule has 1 atom stereocenters. The summed E-state index contributed by atoms with van der Waals surface area (Å²) in [7, 11) is 4.57. The average Bonchev–Trinajstić information content (AvgIpc) is 3.44. The van der Waals surface area contributed by atoms with Crippen molar-refractivity contribution in [2.45, 2.75) is 19.6 Å². The normalized spacial score (nSPS) is 14.1. The molecule has 0 amide bonds. The number of halogens is 1. The van der Waals surface area contributed by atoms with Gasteiger partial charge >= 0.3 is 5.97 Å². The minimum atomic E-state index is -0.892. The summed E-state index contributed by atoms with van der Waals surface area (Å²) in [5.74, 6) is 0.824. The third-order valence-corrected chi connectivity index (χ3v) is 8.91. The van der Waals surface area contributed by atoms with Crippen LogP contribution in [0.5, 0.6) is 23.0 Å². The van der Waals surface area contributed by atoms with Gasteiger partial charge in [0.15, 0.2) is 27.8 Å². The van der Waals surface area contributed by atoms with Crippen molar-refractivity contribution in [1.82, 2.24) is 4.57 Å². The zero-order valence-corrected chi connectivity index (χ0v) is 28.1. The van der Waals surface area contributed by atoms with Crippen LogP contribution in [0.4, 0.5) is 4.39 Å². The number of nitrogens with zero attached hydrogens (tertiary/aromatic N) is 2. The third-order valence-electron chi connectivity index (χ3n) is 7.92. The van der Waals surface area contributed by atoms with Gasteiger partial charge in [-0.05, 0) is 54.5 Å². The summed E-state index contributed by atoms with van der Waals surface area (Å²) in [5.41, 5.74) is 2.66. The smallest absolute Gasteiger partial charge is 0.338 e. The molecule has 9 nitrogen and oxygen atoms in total. The lowest BCUT2D eigenvalue weighted by molar-refractivity contribution is -0.138. The van der Waals surface area contributed by atoms with Crippen LogP contribution in [0.15, 0.2) is 106 Å². The van der Waals surface area contributed by atoms with Crippen molar-refractivity contribution in [3.63, 3.8) is 0 Å². The highest BCUT2D eigenvalue weighted by atomic mass is 32.1. The highest BCUT2D eigenvalue weighted by Crippen LogP contribution is 2.38. The first-order valence-electron chi connectivity index (χ1n) is 15.4. The molecule has 0 unspecified atom stereocenters. The second-order valence-corrected chi connectivity index (χ2v) is 11.8. The fourth-order valence-corrected chi connectivity index (χ4v) is 6.60. The van der Waals surface area contributed by atoms with Crippen molar-refractivity contribution in [2.24, 2.45) is 4.99 Å². The van der Waals surface area contributed by atoms with Crippen molar-refractivity contribution in [2.75, 3.05) is 27.9 Å². The number of hydrogen-bond donors (Lipinski definition) is 0. The number of hydrogen-bond acceptors (Lipinski definition) is 9. The number of aromatic nitrogens is 1. The summed E-state index contributed by atoms with van der Waals surface area (Å²) in [6.07, 6.45) is 1.73. The van der Waals surface area contributed by atoms with E-state index in [0.717, 1.165) is 0 Å². The van der Waals surface area contributed by atoms with Gasteiger partial charge in [-0.15, -0.1) is 0 Å². The first-order chi connectivity index (χ1) is 23.9. The van der Waals surface area contributed by atoms with Gasteiger partial charge in [0.05, 0.1) is 49.8 Å². The standard InChI is InChI=1S/C38H33FN2O7S/c1-5-47-37(43)33-34(24-11-7-6-8-12-24)40-38-41(35(33)25-16-18-28(44-2)31(21-25)46-4)36(42)32(49-38)20-23-15-17-29(30(19-23)45-3)48-22-26-13-9-10-14-27(26)39/h6-21,35H,5,22H2,1-4H3/b32-20-/t35-/m0/s1. The predicted molar refractivity (Wildman–Crippen MR) is 184 cm³/mol. The van der Waals surface area contributed by atoms with Gasteiger partial charge < -0.3 is 23.7 Å². The highest BCUT2D eigenvalue weighted by Gasteiger charge is 2.35. The van der Waals surface area contributed by atoms with E-state index in [2.05, 4.69) is 0 Å². The molecule has 1 aromatic heterocycles. The number of ether oxygens (including phenoxy) is 5. The van der Waals surface area contributed by atoms with E-state index in [4.69, 9.17) is 28.7 Å². The molecule has 49 heavy (non-hydrogen) atoms. The maximum atomic E-state index is 14.3. The minimum absolute atomic E-state index is 0.0175. The lowest BCUT2D eigenvalue weighted by Gasteiger charge is -2.26. The summed E-state index contributed by atoms with van der Waals surface area (Å²) in [6.45, 7) is 1.88. The highest BCUT2D eigenvalue weighted by molar-refractivity contribution is 7.07. The van der Waals surface area contributed by atoms with Gasteiger partial charge in [-0.2, -0.15) is 0 Å². The Kier molecular flexibility index (Phi) is 9.91. The Morgan fingerprint density at radius 2 is 1.57 bits per heavy atom. The molecule has 0 aliphatic carbocycles. The molecule has 0 spiro atoms. The minimum Gasteiger partial charge on any atom is -0.493 e. The van der Waals surface area contributed by atoms with Crippen LogP contribution in [0.2, 0.25) is 0 Å². The first kappa shape index (κ1) is 33.2. The van der Waals surface area contributed by atoms with E-state index in [1.54, 1.807) is 67.6 Å². The maximum absolute atomic E-state index is 14.3. The van der Waals surface area contributed by atoms with Crippen molar-refractivity contribution in [3.8, 4) is 23.0 Å². The molecular formula is C38H33FN2O7S. The Labute approximate surface area is 285 Å². The number of rotatable bonds is 11. The van der Waals surface area contributed by atoms with Crippen molar-refractivity contribution < 1.29 is 32.9 Å². The van der Waals surface area contributed by atoms with E-state index in [1.807, 2.05) is 30.3 Å². The number of carbonyl (C=O) groups is 1. The van der Waals surface area contributed by atoms with Gasteiger partial charge in [0.2, 0.25) is 0 Å². The lowest BCUT2D eigenvalue weighted by Crippen LogP contribution is -2.40. The predicted octanol–water partition coefficient (Wildman–Crippen LogP) is 5.68. The molecule has 2 heterocycles. The molecule has 0 saturated heterocycles. The fraction of sp³-hybridized carbons (Fsp3) is 0.184. The second kappa shape index (κ2) is 14.6. The molecule has 250 valence electrons. The molecule has 6 rings (SSSR count). The monoisotopic (exact) mass is 680 g/mol. The molecule has 11 heteroatoms. The third kappa shape index (κ3) is 6.70. The van der Waals surface area contributed by atoms with Gasteiger partial charge in [-0.25, -0.2) is 14.2 Å². The number of benzene rings is 4. The maximum Gasteiger partial charge on any atom is 0.338 e. The van der Waals surface area contributed by atoms with Gasteiger partial charge in [0.1, 0.15) is 12.4 Å². The largest absolute Gasteiger partial charge is 0.493 e. The summed E-state index contributed by atoms with van der Waals surface area (Å²) >= 11 is 1.20. The molecule has 0 radical (unpaired) electrons. The molecule has 1 aliphatic heterocycles. The number of carbonyl (C=O) groups excluding carboxylic acids is 1.